The number of nitrogens with zero attached hydrogens (tertiary/aromatic N) is 4. The molecule has 0 aliphatic carbocycles. The summed E-state index contributed by atoms with van der Waals surface area (Å²) in [6.07, 6.45) is -2.47. The average molecular weight is 563 g/mol. The van der Waals surface area contributed by atoms with Crippen LogP contribution in [0.2, 0.25) is 0 Å². The van der Waals surface area contributed by atoms with Crippen LogP contribution in [-0.2, 0) is 13.2 Å². The van der Waals surface area contributed by atoms with Gasteiger partial charge in [-0.2, -0.15) is 13.2 Å². The van der Waals surface area contributed by atoms with Crippen LogP contribution in [0.15, 0.2) is 53.7 Å². The van der Waals surface area contributed by atoms with Gasteiger partial charge in [0.1, 0.15) is 18.4 Å². The topological polar surface area (TPSA) is 53.0 Å². The second kappa shape index (κ2) is 12.2. The van der Waals surface area contributed by atoms with Gasteiger partial charge in [-0.15, -0.1) is 24.0 Å². The zero-order valence-corrected chi connectivity index (χ0v) is 20.5. The maximum absolute atomic E-state index is 12.9. The minimum atomic E-state index is -4.20. The van der Waals surface area contributed by atoms with Gasteiger partial charge in [-0.25, -0.2) is 0 Å². The first-order valence-corrected chi connectivity index (χ1v) is 10.2. The Morgan fingerprint density at radius 1 is 1.16 bits per heavy atom. The quantitative estimate of drug-likeness (QED) is 0.328. The number of hydrogen-bond acceptors (Lipinski definition) is 4. The highest BCUT2D eigenvalue weighted by atomic mass is 127. The zero-order valence-electron chi connectivity index (χ0n) is 18.2. The summed E-state index contributed by atoms with van der Waals surface area (Å²) in [5, 5.41) is 3.30. The van der Waals surface area contributed by atoms with E-state index in [1.165, 1.54) is 11.8 Å². The van der Waals surface area contributed by atoms with E-state index < -0.39 is 12.2 Å². The molecule has 1 fully saturated rings. The molecule has 0 saturated carbocycles. The number of rotatable bonds is 6. The van der Waals surface area contributed by atoms with Crippen molar-refractivity contribution in [3.63, 3.8) is 0 Å². The fourth-order valence-corrected chi connectivity index (χ4v) is 3.43. The van der Waals surface area contributed by atoms with Gasteiger partial charge in [0.2, 0.25) is 0 Å². The van der Waals surface area contributed by atoms with Gasteiger partial charge in [0.15, 0.2) is 5.96 Å². The molecule has 1 aromatic heterocycles. The largest absolute Gasteiger partial charge is 0.487 e. The molecule has 1 aromatic carbocycles. The molecule has 2 aromatic rings. The SMILES string of the molecule is CN=C(NCc1cccc(OCc2ccccn2)c1)N1CCN(C(C)C(F)(F)F)CC1.I. The van der Waals surface area contributed by atoms with E-state index in [-0.39, 0.29) is 24.0 Å². The van der Waals surface area contributed by atoms with E-state index in [1.54, 1.807) is 13.2 Å². The van der Waals surface area contributed by atoms with Gasteiger partial charge < -0.3 is 15.0 Å². The maximum Gasteiger partial charge on any atom is 0.403 e. The zero-order chi connectivity index (χ0) is 22.3. The van der Waals surface area contributed by atoms with Crippen LogP contribution in [0, 0.1) is 0 Å². The highest BCUT2D eigenvalue weighted by molar-refractivity contribution is 14.0. The summed E-state index contributed by atoms with van der Waals surface area (Å²) < 4.78 is 44.6. The lowest BCUT2D eigenvalue weighted by atomic mass is 10.2. The summed E-state index contributed by atoms with van der Waals surface area (Å²) in [7, 11) is 1.68. The van der Waals surface area contributed by atoms with Crippen molar-refractivity contribution in [2.45, 2.75) is 32.3 Å². The highest BCUT2D eigenvalue weighted by Gasteiger charge is 2.41. The van der Waals surface area contributed by atoms with E-state index in [0.717, 1.165) is 17.0 Å². The van der Waals surface area contributed by atoms with Crippen LogP contribution in [0.4, 0.5) is 13.2 Å². The van der Waals surface area contributed by atoms with Gasteiger partial charge >= 0.3 is 6.18 Å². The smallest absolute Gasteiger partial charge is 0.403 e. The molecular formula is C22H29F3IN5O. The van der Waals surface area contributed by atoms with Crippen molar-refractivity contribution in [1.82, 2.24) is 20.1 Å². The lowest BCUT2D eigenvalue weighted by Gasteiger charge is -2.39. The number of benzene rings is 1. The van der Waals surface area contributed by atoms with Crippen molar-refractivity contribution in [2.24, 2.45) is 4.99 Å². The van der Waals surface area contributed by atoms with Crippen LogP contribution in [0.1, 0.15) is 18.2 Å². The van der Waals surface area contributed by atoms with Crippen molar-refractivity contribution < 1.29 is 17.9 Å². The summed E-state index contributed by atoms with van der Waals surface area (Å²) in [5.41, 5.74) is 1.87. The number of aliphatic imine (C=N–C) groups is 1. The third-order valence-electron chi connectivity index (χ3n) is 5.31. The molecule has 0 radical (unpaired) electrons. The minimum Gasteiger partial charge on any atom is -0.487 e. The number of pyridine rings is 1. The van der Waals surface area contributed by atoms with Crippen LogP contribution in [0.3, 0.4) is 0 Å². The van der Waals surface area contributed by atoms with E-state index in [9.17, 15) is 13.2 Å². The summed E-state index contributed by atoms with van der Waals surface area (Å²) in [5.74, 6) is 1.42. The number of halogens is 4. The molecule has 1 aliphatic heterocycles. The molecule has 1 N–H and O–H groups in total. The number of ether oxygens (including phenoxy) is 1. The molecule has 0 spiro atoms. The third kappa shape index (κ3) is 7.51. The van der Waals surface area contributed by atoms with Crippen LogP contribution in [0.5, 0.6) is 5.75 Å². The molecule has 32 heavy (non-hydrogen) atoms. The third-order valence-corrected chi connectivity index (χ3v) is 5.31. The van der Waals surface area contributed by atoms with E-state index in [4.69, 9.17) is 4.74 Å². The number of guanidine groups is 1. The Hall–Kier alpha value is -2.08. The van der Waals surface area contributed by atoms with Gasteiger partial charge in [-0.1, -0.05) is 18.2 Å². The number of hydrogen-bond donors (Lipinski definition) is 1. The van der Waals surface area contributed by atoms with Gasteiger partial charge in [0.05, 0.1) is 5.69 Å². The fourth-order valence-electron chi connectivity index (χ4n) is 3.43. The Kier molecular flexibility index (Phi) is 10.0. The molecule has 10 heteroatoms. The van der Waals surface area contributed by atoms with Gasteiger partial charge in [-0.05, 0) is 36.8 Å². The Morgan fingerprint density at radius 3 is 2.53 bits per heavy atom. The van der Waals surface area contributed by atoms with Crippen molar-refractivity contribution in [3.05, 3.63) is 59.9 Å². The standard InChI is InChI=1S/C22H28F3N5O.HI/c1-17(22(23,24)25)29-10-12-30(13-11-29)21(26-2)28-15-18-6-5-8-20(14-18)31-16-19-7-3-4-9-27-19;/h3-9,14,17H,10-13,15-16H2,1-2H3,(H,26,28);1H. The molecule has 0 amide bonds. The molecule has 2 heterocycles. The van der Waals surface area contributed by atoms with Crippen molar-refractivity contribution in [3.8, 4) is 5.75 Å². The number of nitrogens with one attached hydrogen (secondary N) is 1. The van der Waals surface area contributed by atoms with Crippen LogP contribution >= 0.6 is 24.0 Å². The normalized spacial score (nSPS) is 16.3. The van der Waals surface area contributed by atoms with E-state index >= 15 is 0 Å². The molecule has 1 atom stereocenters. The Labute approximate surface area is 203 Å². The second-order valence-corrected chi connectivity index (χ2v) is 7.40. The Bertz CT molecular complexity index is 858. The molecule has 6 nitrogen and oxygen atoms in total. The van der Waals surface area contributed by atoms with Gasteiger partial charge in [-0.3, -0.25) is 14.9 Å². The lowest BCUT2D eigenvalue weighted by molar-refractivity contribution is -0.181. The van der Waals surface area contributed by atoms with E-state index in [0.29, 0.717) is 45.3 Å². The average Bonchev–Trinajstić information content (AvgIpc) is 2.78. The fraction of sp³-hybridized carbons (Fsp3) is 0.455. The van der Waals surface area contributed by atoms with Crippen molar-refractivity contribution in [2.75, 3.05) is 33.2 Å². The first-order chi connectivity index (χ1) is 14.9. The summed E-state index contributed by atoms with van der Waals surface area (Å²) in [4.78, 5) is 12.0. The summed E-state index contributed by atoms with van der Waals surface area (Å²) in [6, 6.07) is 12.0. The minimum absolute atomic E-state index is 0. The van der Waals surface area contributed by atoms with Crippen LogP contribution in [-0.4, -0.2) is 66.2 Å². The first kappa shape index (κ1) is 26.2. The van der Waals surface area contributed by atoms with Crippen molar-refractivity contribution in [1.29, 1.82) is 0 Å². The molecule has 176 valence electrons. The Morgan fingerprint density at radius 2 is 1.91 bits per heavy atom. The highest BCUT2D eigenvalue weighted by Crippen LogP contribution is 2.25. The number of piperazine rings is 1. The predicted octanol–water partition coefficient (Wildman–Crippen LogP) is 3.92. The molecule has 0 bridgehead atoms. The van der Waals surface area contributed by atoms with Gasteiger partial charge in [0.25, 0.3) is 0 Å². The van der Waals surface area contributed by atoms with Crippen molar-refractivity contribution >= 4 is 29.9 Å². The lowest BCUT2D eigenvalue weighted by Crippen LogP contribution is -2.56. The molecule has 1 unspecified atom stereocenters. The monoisotopic (exact) mass is 563 g/mol. The summed E-state index contributed by atoms with van der Waals surface area (Å²) in [6.45, 7) is 3.81. The second-order valence-electron chi connectivity index (χ2n) is 7.40. The first-order valence-electron chi connectivity index (χ1n) is 10.2. The van der Waals surface area contributed by atoms with Gasteiger partial charge in [0, 0.05) is 46.0 Å². The summed E-state index contributed by atoms with van der Waals surface area (Å²) >= 11 is 0. The van der Waals surface area contributed by atoms with Crippen LogP contribution in [0.25, 0.3) is 0 Å². The maximum atomic E-state index is 12.9. The van der Waals surface area contributed by atoms with Crippen LogP contribution < -0.4 is 10.1 Å². The molecule has 1 saturated heterocycles. The Balaban J connectivity index is 0.00000363. The van der Waals surface area contributed by atoms with E-state index in [2.05, 4.69) is 15.3 Å². The van der Waals surface area contributed by atoms with E-state index in [1.807, 2.05) is 47.4 Å². The molecule has 1 aliphatic rings. The molecule has 3 rings (SSSR count). The number of aromatic nitrogens is 1. The number of alkyl halides is 3. The molecular weight excluding hydrogens is 534 g/mol. The predicted molar refractivity (Wildman–Crippen MR) is 129 cm³/mol.